The van der Waals surface area contributed by atoms with Crippen molar-refractivity contribution in [1.82, 2.24) is 4.57 Å². The first-order valence-electron chi connectivity index (χ1n) is 9.31. The molecule has 0 aliphatic heterocycles. The average Bonchev–Trinajstić information content (AvgIpc) is 2.94. The third kappa shape index (κ3) is 6.72. The Morgan fingerprint density at radius 2 is 1.15 bits per heavy atom. The smallest absolute Gasteiger partial charge is 0.0491 e. The van der Waals surface area contributed by atoms with Gasteiger partial charge in [-0.15, -0.1) is 0 Å². The van der Waals surface area contributed by atoms with Gasteiger partial charge in [0.2, 0.25) is 0 Å². The highest BCUT2D eigenvalue weighted by molar-refractivity contribution is 6.07. The molecule has 1 unspecified atom stereocenters. The molecule has 0 saturated carbocycles. The average molecular weight is 374 g/mol. The third-order valence-electron chi connectivity index (χ3n) is 4.72. The molecule has 1 atom stereocenters. The zero-order valence-electron chi connectivity index (χ0n) is 15.2. The van der Waals surface area contributed by atoms with Crippen LogP contribution < -0.4 is 0 Å². The Balaban J connectivity index is -0.000000930. The van der Waals surface area contributed by atoms with Crippen molar-refractivity contribution in [3.05, 3.63) is 48.5 Å². The van der Waals surface area contributed by atoms with Crippen LogP contribution in [0.25, 0.3) is 21.8 Å². The lowest BCUT2D eigenvalue weighted by Gasteiger charge is -2.15. The standard InChI is InChI=1S/C20H25N.C2H6.4CH4/c1-3-9-16(4-2)14-15-21-19-12-7-5-10-17(19)18-11-6-8-13-20(18)21;1-2;;;;/h5-8,10-13,16H,3-4,9,14-15H2,1-2H3;1-2H3;4*1H4. The van der Waals surface area contributed by atoms with Gasteiger partial charge in [0.25, 0.3) is 0 Å². The Hall–Kier alpha value is -1.76. The minimum Gasteiger partial charge on any atom is -0.340 e. The van der Waals surface area contributed by atoms with Crippen LogP contribution in [0.3, 0.4) is 0 Å². The quantitative estimate of drug-likeness (QED) is 0.405. The van der Waals surface area contributed by atoms with Gasteiger partial charge in [0.1, 0.15) is 0 Å². The van der Waals surface area contributed by atoms with Gasteiger partial charge in [-0.05, 0) is 24.5 Å². The molecule has 0 aliphatic rings. The SMILES string of the molecule is C.C.C.C.CC.CCCC(CC)CCn1c2ccccc2c2ccccc21. The summed E-state index contributed by atoms with van der Waals surface area (Å²) >= 11 is 0. The van der Waals surface area contributed by atoms with E-state index in [1.54, 1.807) is 0 Å². The fraction of sp³-hybridized carbons (Fsp3) is 0.538. The van der Waals surface area contributed by atoms with Crippen molar-refractivity contribution < 1.29 is 0 Å². The van der Waals surface area contributed by atoms with Crippen LogP contribution in [0.2, 0.25) is 0 Å². The molecule has 0 N–H and O–H groups in total. The summed E-state index contributed by atoms with van der Waals surface area (Å²) in [6.45, 7) is 9.75. The molecule has 1 nitrogen and oxygen atoms in total. The van der Waals surface area contributed by atoms with Crippen molar-refractivity contribution in [2.45, 2.75) is 89.6 Å². The molecule has 0 radical (unpaired) electrons. The molecule has 0 spiro atoms. The number of nitrogens with zero attached hydrogens (tertiary/aromatic N) is 1. The molecular weight excluding hydrogens is 326 g/mol. The predicted octanol–water partition coefficient (Wildman–Crippen LogP) is 9.58. The monoisotopic (exact) mass is 373 g/mol. The Morgan fingerprint density at radius 3 is 1.56 bits per heavy atom. The topological polar surface area (TPSA) is 4.93 Å². The van der Waals surface area contributed by atoms with Crippen molar-refractivity contribution >= 4 is 21.8 Å². The fourth-order valence-electron chi connectivity index (χ4n) is 3.52. The summed E-state index contributed by atoms with van der Waals surface area (Å²) in [4.78, 5) is 0. The van der Waals surface area contributed by atoms with Crippen LogP contribution in [0.4, 0.5) is 0 Å². The number of para-hydroxylation sites is 2. The van der Waals surface area contributed by atoms with Crippen LogP contribution in [-0.4, -0.2) is 4.57 Å². The summed E-state index contributed by atoms with van der Waals surface area (Å²) in [6, 6.07) is 17.6. The fourth-order valence-corrected chi connectivity index (χ4v) is 3.52. The number of rotatable bonds is 6. The molecule has 3 aromatic rings. The van der Waals surface area contributed by atoms with E-state index < -0.39 is 0 Å². The van der Waals surface area contributed by atoms with E-state index in [9.17, 15) is 0 Å². The maximum absolute atomic E-state index is 2.52. The van der Waals surface area contributed by atoms with Gasteiger partial charge in [0.05, 0.1) is 0 Å². The molecule has 2 aromatic carbocycles. The van der Waals surface area contributed by atoms with E-state index in [-0.39, 0.29) is 29.7 Å². The van der Waals surface area contributed by atoms with E-state index in [0.717, 1.165) is 12.5 Å². The molecule has 1 aromatic heterocycles. The lowest BCUT2D eigenvalue weighted by atomic mass is 9.97. The van der Waals surface area contributed by atoms with Crippen LogP contribution in [0.5, 0.6) is 0 Å². The van der Waals surface area contributed by atoms with E-state index in [4.69, 9.17) is 0 Å². The van der Waals surface area contributed by atoms with Gasteiger partial charge in [-0.3, -0.25) is 0 Å². The van der Waals surface area contributed by atoms with Crippen LogP contribution in [0, 0.1) is 5.92 Å². The molecule has 0 fully saturated rings. The van der Waals surface area contributed by atoms with Gasteiger partial charge in [0.15, 0.2) is 0 Å². The van der Waals surface area contributed by atoms with Gasteiger partial charge in [-0.1, -0.05) is 113 Å². The maximum atomic E-state index is 2.52. The Morgan fingerprint density at radius 1 is 0.704 bits per heavy atom. The Labute approximate surface area is 170 Å². The number of hydrogen-bond donors (Lipinski definition) is 0. The summed E-state index contributed by atoms with van der Waals surface area (Å²) in [7, 11) is 0. The second kappa shape index (κ2) is 15.3. The van der Waals surface area contributed by atoms with Crippen molar-refractivity contribution in [2.24, 2.45) is 5.92 Å². The first-order valence-corrected chi connectivity index (χ1v) is 9.31. The van der Waals surface area contributed by atoms with E-state index in [0.29, 0.717) is 0 Å². The van der Waals surface area contributed by atoms with E-state index in [1.165, 1.54) is 47.5 Å². The highest BCUT2D eigenvalue weighted by Crippen LogP contribution is 2.29. The highest BCUT2D eigenvalue weighted by Gasteiger charge is 2.11. The largest absolute Gasteiger partial charge is 0.340 e. The molecule has 0 aliphatic carbocycles. The predicted molar refractivity (Wildman–Crippen MR) is 131 cm³/mol. The zero-order chi connectivity index (χ0) is 16.7. The number of aryl methyl sites for hydroxylation is 1. The van der Waals surface area contributed by atoms with Gasteiger partial charge >= 0.3 is 0 Å². The second-order valence-corrected chi connectivity index (χ2v) is 6.04. The van der Waals surface area contributed by atoms with Gasteiger partial charge in [0, 0.05) is 28.4 Å². The molecule has 156 valence electrons. The molecule has 0 saturated heterocycles. The molecule has 0 amide bonds. The first kappa shape index (κ1) is 30.0. The summed E-state index contributed by atoms with van der Waals surface area (Å²) in [5.41, 5.74) is 2.76. The van der Waals surface area contributed by atoms with Crippen LogP contribution in [-0.2, 0) is 6.54 Å². The highest BCUT2D eigenvalue weighted by atomic mass is 15.0. The molecule has 3 rings (SSSR count). The molecule has 0 bridgehead atoms. The van der Waals surface area contributed by atoms with Crippen molar-refractivity contribution in [1.29, 1.82) is 0 Å². The summed E-state index contributed by atoms with van der Waals surface area (Å²) in [6.07, 6.45) is 5.23. The molecule has 1 heteroatoms. The van der Waals surface area contributed by atoms with E-state index in [1.807, 2.05) is 13.8 Å². The first-order chi connectivity index (χ1) is 11.3. The van der Waals surface area contributed by atoms with Crippen LogP contribution in [0.15, 0.2) is 48.5 Å². The lowest BCUT2D eigenvalue weighted by molar-refractivity contribution is 0.409. The summed E-state index contributed by atoms with van der Waals surface area (Å²) < 4.78 is 2.52. The lowest BCUT2D eigenvalue weighted by Crippen LogP contribution is -2.05. The Kier molecular flexibility index (Phi) is 17.0. The van der Waals surface area contributed by atoms with Gasteiger partial charge < -0.3 is 4.57 Å². The zero-order valence-corrected chi connectivity index (χ0v) is 15.2. The molecule has 27 heavy (non-hydrogen) atoms. The summed E-state index contributed by atoms with van der Waals surface area (Å²) in [5, 5.41) is 2.77. The number of aromatic nitrogens is 1. The van der Waals surface area contributed by atoms with Crippen LogP contribution in [0.1, 0.15) is 83.1 Å². The minimum absolute atomic E-state index is 0. The van der Waals surface area contributed by atoms with Crippen molar-refractivity contribution in [3.63, 3.8) is 0 Å². The number of fused-ring (bicyclic) bond motifs is 3. The van der Waals surface area contributed by atoms with Gasteiger partial charge in [-0.25, -0.2) is 0 Å². The van der Waals surface area contributed by atoms with E-state index in [2.05, 4.69) is 66.9 Å². The second-order valence-electron chi connectivity index (χ2n) is 6.04. The number of hydrogen-bond acceptors (Lipinski definition) is 0. The number of benzene rings is 2. The van der Waals surface area contributed by atoms with Crippen molar-refractivity contribution in [3.8, 4) is 0 Å². The Bertz CT molecular complexity index is 670. The normalized spacial score (nSPS) is 10.4. The minimum atomic E-state index is 0. The molecular formula is C26H47N. The third-order valence-corrected chi connectivity index (χ3v) is 4.72. The summed E-state index contributed by atoms with van der Waals surface area (Å²) in [5.74, 6) is 0.856. The maximum Gasteiger partial charge on any atom is 0.0491 e. The van der Waals surface area contributed by atoms with Gasteiger partial charge in [-0.2, -0.15) is 0 Å². The van der Waals surface area contributed by atoms with Crippen LogP contribution >= 0.6 is 0 Å². The van der Waals surface area contributed by atoms with Crippen molar-refractivity contribution in [2.75, 3.05) is 0 Å². The van der Waals surface area contributed by atoms with E-state index >= 15 is 0 Å². The molecule has 1 heterocycles.